The molecule has 0 amide bonds. The molecule has 1 fully saturated rings. The first kappa shape index (κ1) is 11.9. The minimum Gasteiger partial charge on any atom is -0.380 e. The van der Waals surface area contributed by atoms with E-state index in [9.17, 15) is 8.42 Å². The molecule has 1 aliphatic rings. The van der Waals surface area contributed by atoms with Gasteiger partial charge in [-0.2, -0.15) is 0 Å². The Morgan fingerprint density at radius 3 is 2.79 bits per heavy atom. The van der Waals surface area contributed by atoms with Gasteiger partial charge in [-0.05, 0) is 25.7 Å². The van der Waals surface area contributed by atoms with Crippen LogP contribution in [0.15, 0.2) is 0 Å². The summed E-state index contributed by atoms with van der Waals surface area (Å²) in [6.45, 7) is 3.12. The summed E-state index contributed by atoms with van der Waals surface area (Å²) < 4.78 is 27.5. The molecule has 0 saturated carbocycles. The second kappa shape index (κ2) is 5.09. The van der Waals surface area contributed by atoms with E-state index < -0.39 is 9.84 Å². The van der Waals surface area contributed by atoms with Gasteiger partial charge in [0.2, 0.25) is 0 Å². The molecule has 14 heavy (non-hydrogen) atoms. The molecule has 1 aliphatic heterocycles. The normalized spacial score (nSPS) is 27.7. The molecule has 2 atom stereocenters. The summed E-state index contributed by atoms with van der Waals surface area (Å²) in [5.41, 5.74) is 5.81. The quantitative estimate of drug-likeness (QED) is 0.718. The number of hydrogen-bond donors (Lipinski definition) is 1. The highest BCUT2D eigenvalue weighted by molar-refractivity contribution is 7.91. The highest BCUT2D eigenvalue weighted by atomic mass is 32.2. The van der Waals surface area contributed by atoms with Crippen LogP contribution in [-0.2, 0) is 14.6 Å². The van der Waals surface area contributed by atoms with Crippen molar-refractivity contribution in [1.29, 1.82) is 0 Å². The largest absolute Gasteiger partial charge is 0.380 e. The van der Waals surface area contributed by atoms with Crippen LogP contribution in [0.5, 0.6) is 0 Å². The van der Waals surface area contributed by atoms with Crippen LogP contribution in [0.4, 0.5) is 0 Å². The molecule has 2 N–H and O–H groups in total. The number of hydrogen-bond acceptors (Lipinski definition) is 4. The molecule has 4 nitrogen and oxygen atoms in total. The Kier molecular flexibility index (Phi) is 4.34. The predicted octanol–water partition coefficient (Wildman–Crippen LogP) is 0.175. The summed E-state index contributed by atoms with van der Waals surface area (Å²) >= 11 is 0. The van der Waals surface area contributed by atoms with Crippen molar-refractivity contribution in [2.45, 2.75) is 25.8 Å². The van der Waals surface area contributed by atoms with E-state index in [4.69, 9.17) is 10.5 Å². The smallest absolute Gasteiger partial charge is 0.150 e. The number of ether oxygens (including phenoxy) is 1. The summed E-state index contributed by atoms with van der Waals surface area (Å²) in [5, 5.41) is 0. The molecule has 0 spiro atoms. The van der Waals surface area contributed by atoms with Crippen molar-refractivity contribution >= 4 is 9.84 Å². The Morgan fingerprint density at radius 1 is 1.57 bits per heavy atom. The lowest BCUT2D eigenvalue weighted by Gasteiger charge is -2.14. The van der Waals surface area contributed by atoms with E-state index in [1.807, 2.05) is 6.92 Å². The maximum absolute atomic E-state index is 11.2. The monoisotopic (exact) mass is 221 g/mol. The van der Waals surface area contributed by atoms with Gasteiger partial charge in [-0.15, -0.1) is 0 Å². The molecule has 5 heteroatoms. The van der Waals surface area contributed by atoms with Crippen LogP contribution in [-0.4, -0.2) is 39.2 Å². The van der Waals surface area contributed by atoms with Crippen molar-refractivity contribution < 1.29 is 13.2 Å². The van der Waals surface area contributed by atoms with E-state index in [-0.39, 0.29) is 12.0 Å². The van der Waals surface area contributed by atoms with Crippen LogP contribution >= 0.6 is 0 Å². The van der Waals surface area contributed by atoms with Gasteiger partial charge < -0.3 is 10.5 Å². The lowest BCUT2D eigenvalue weighted by Crippen LogP contribution is -2.29. The Bertz CT molecular complexity index is 263. The van der Waals surface area contributed by atoms with Crippen LogP contribution in [0.3, 0.4) is 0 Å². The molecule has 0 bridgehead atoms. The Morgan fingerprint density at radius 2 is 2.29 bits per heavy atom. The van der Waals surface area contributed by atoms with Crippen LogP contribution < -0.4 is 5.73 Å². The van der Waals surface area contributed by atoms with Gasteiger partial charge >= 0.3 is 0 Å². The van der Waals surface area contributed by atoms with E-state index >= 15 is 0 Å². The van der Waals surface area contributed by atoms with E-state index in [1.54, 1.807) is 0 Å². The van der Waals surface area contributed by atoms with Crippen molar-refractivity contribution in [3.05, 3.63) is 0 Å². The average molecular weight is 221 g/mol. The zero-order valence-corrected chi connectivity index (χ0v) is 9.42. The van der Waals surface area contributed by atoms with Gasteiger partial charge in [-0.3, -0.25) is 0 Å². The second-order valence-electron chi connectivity index (χ2n) is 3.92. The fourth-order valence-corrected chi connectivity index (χ4v) is 3.70. The van der Waals surface area contributed by atoms with Crippen LogP contribution in [0.2, 0.25) is 0 Å². The predicted molar refractivity (Wildman–Crippen MR) is 55.8 cm³/mol. The fourth-order valence-electron chi connectivity index (χ4n) is 1.82. The van der Waals surface area contributed by atoms with Crippen molar-refractivity contribution in [1.82, 2.24) is 0 Å². The average Bonchev–Trinajstić information content (AvgIpc) is 2.42. The van der Waals surface area contributed by atoms with Gasteiger partial charge in [-0.1, -0.05) is 0 Å². The second-order valence-corrected chi connectivity index (χ2v) is 6.15. The number of sulfone groups is 1. The molecule has 0 radical (unpaired) electrons. The minimum absolute atomic E-state index is 0.0201. The van der Waals surface area contributed by atoms with Gasteiger partial charge in [0.15, 0.2) is 9.84 Å². The first-order valence-electron chi connectivity index (χ1n) is 5.07. The van der Waals surface area contributed by atoms with Gasteiger partial charge in [0.25, 0.3) is 0 Å². The molecular weight excluding hydrogens is 202 g/mol. The topological polar surface area (TPSA) is 69.4 Å². The summed E-state index contributed by atoms with van der Waals surface area (Å²) in [6.07, 6.45) is 1.53. The van der Waals surface area contributed by atoms with Gasteiger partial charge in [0.05, 0.1) is 18.1 Å². The summed E-state index contributed by atoms with van der Waals surface area (Å²) in [6, 6.07) is -0.0201. The number of rotatable bonds is 5. The van der Waals surface area contributed by atoms with Crippen LogP contribution in [0, 0.1) is 5.92 Å². The fraction of sp³-hybridized carbons (Fsp3) is 1.00. The first-order valence-corrected chi connectivity index (χ1v) is 6.89. The lowest BCUT2D eigenvalue weighted by atomic mass is 10.0. The Labute approximate surface area is 85.7 Å². The third-order valence-corrected chi connectivity index (χ3v) is 4.34. The van der Waals surface area contributed by atoms with E-state index in [0.29, 0.717) is 24.7 Å². The molecule has 0 aromatic carbocycles. The molecule has 0 aromatic rings. The Balaban J connectivity index is 2.25. The van der Waals surface area contributed by atoms with Crippen molar-refractivity contribution in [3.8, 4) is 0 Å². The standard InChI is InChI=1S/C9H19NO3S/c1-2-13-6-9(10)5-8-3-4-14(11,12)7-8/h8-9H,2-7,10H2,1H3. The van der Waals surface area contributed by atoms with Gasteiger partial charge in [0, 0.05) is 12.6 Å². The third-order valence-electron chi connectivity index (χ3n) is 2.50. The van der Waals surface area contributed by atoms with Gasteiger partial charge in [0.1, 0.15) is 0 Å². The highest BCUT2D eigenvalue weighted by Gasteiger charge is 2.28. The summed E-state index contributed by atoms with van der Waals surface area (Å²) in [4.78, 5) is 0. The van der Waals surface area contributed by atoms with Gasteiger partial charge in [-0.25, -0.2) is 8.42 Å². The Hall–Kier alpha value is -0.130. The summed E-state index contributed by atoms with van der Waals surface area (Å²) in [5.74, 6) is 0.890. The molecule has 84 valence electrons. The third kappa shape index (κ3) is 3.94. The molecule has 2 unspecified atom stereocenters. The van der Waals surface area contributed by atoms with Crippen molar-refractivity contribution in [2.75, 3.05) is 24.7 Å². The van der Waals surface area contributed by atoms with Crippen LogP contribution in [0.25, 0.3) is 0 Å². The minimum atomic E-state index is -2.76. The molecule has 1 heterocycles. The molecule has 1 rings (SSSR count). The van der Waals surface area contributed by atoms with Crippen LogP contribution in [0.1, 0.15) is 19.8 Å². The number of nitrogens with two attached hydrogens (primary N) is 1. The van der Waals surface area contributed by atoms with E-state index in [0.717, 1.165) is 12.8 Å². The molecule has 1 saturated heterocycles. The molecular formula is C9H19NO3S. The zero-order valence-electron chi connectivity index (χ0n) is 8.61. The lowest BCUT2D eigenvalue weighted by molar-refractivity contribution is 0.127. The van der Waals surface area contributed by atoms with Crippen molar-refractivity contribution in [3.63, 3.8) is 0 Å². The maximum Gasteiger partial charge on any atom is 0.150 e. The first-order chi connectivity index (χ1) is 6.53. The maximum atomic E-state index is 11.2. The van der Waals surface area contributed by atoms with E-state index in [2.05, 4.69) is 0 Å². The van der Waals surface area contributed by atoms with Crippen molar-refractivity contribution in [2.24, 2.45) is 11.7 Å². The molecule has 0 aliphatic carbocycles. The SMILES string of the molecule is CCOCC(N)CC1CCS(=O)(=O)C1. The highest BCUT2D eigenvalue weighted by Crippen LogP contribution is 2.22. The molecule has 0 aromatic heterocycles. The van der Waals surface area contributed by atoms with E-state index in [1.165, 1.54) is 0 Å². The summed E-state index contributed by atoms with van der Waals surface area (Å²) in [7, 11) is -2.76. The zero-order chi connectivity index (χ0) is 10.6.